The van der Waals surface area contributed by atoms with Gasteiger partial charge in [0.25, 0.3) is 0 Å². The van der Waals surface area contributed by atoms with E-state index in [1.807, 2.05) is 63.2 Å². The maximum Gasteiger partial charge on any atom is 0.324 e. The lowest BCUT2D eigenvalue weighted by Gasteiger charge is -2.11. The molecule has 0 atom stereocenters. The minimum Gasteiger partial charge on any atom is -0.424 e. The van der Waals surface area contributed by atoms with Crippen LogP contribution in [0.25, 0.3) is 11.3 Å². The molecule has 168 valence electrons. The van der Waals surface area contributed by atoms with Gasteiger partial charge >= 0.3 is 6.01 Å². The van der Waals surface area contributed by atoms with Gasteiger partial charge in [-0.2, -0.15) is 15.1 Å². The topological polar surface area (TPSA) is 105 Å². The predicted octanol–water partition coefficient (Wildman–Crippen LogP) is 5.70. The van der Waals surface area contributed by atoms with E-state index < -0.39 is 0 Å². The molecule has 0 aliphatic carbocycles. The maximum atomic E-state index is 12.0. The van der Waals surface area contributed by atoms with Gasteiger partial charge in [-0.3, -0.25) is 9.89 Å². The van der Waals surface area contributed by atoms with Crippen LogP contribution in [0.15, 0.2) is 66.7 Å². The van der Waals surface area contributed by atoms with Gasteiger partial charge in [0, 0.05) is 35.5 Å². The number of nitrogens with one attached hydrogen (secondary N) is 3. The van der Waals surface area contributed by atoms with Crippen molar-refractivity contribution in [3.8, 4) is 23.0 Å². The fourth-order valence-electron chi connectivity index (χ4n) is 3.20. The third-order valence-electron chi connectivity index (χ3n) is 4.68. The molecule has 2 aromatic heterocycles. The molecule has 0 fully saturated rings. The summed E-state index contributed by atoms with van der Waals surface area (Å²) in [5.74, 6) is 2.06. The molecule has 0 aliphatic heterocycles. The van der Waals surface area contributed by atoms with E-state index in [9.17, 15) is 4.79 Å². The molecule has 0 aliphatic rings. The third-order valence-corrected chi connectivity index (χ3v) is 4.68. The zero-order valence-corrected chi connectivity index (χ0v) is 18.8. The Labute approximate surface area is 192 Å². The first-order valence-corrected chi connectivity index (χ1v) is 10.8. The average molecular weight is 443 g/mol. The molecular formula is C25H26N6O2. The Morgan fingerprint density at radius 2 is 1.76 bits per heavy atom. The second-order valence-electron chi connectivity index (χ2n) is 8.12. The highest BCUT2D eigenvalue weighted by molar-refractivity contribution is 5.90. The summed E-state index contributed by atoms with van der Waals surface area (Å²) in [4.78, 5) is 21.1. The molecule has 4 rings (SSSR count). The van der Waals surface area contributed by atoms with E-state index in [0.717, 1.165) is 11.3 Å². The molecule has 33 heavy (non-hydrogen) atoms. The van der Waals surface area contributed by atoms with E-state index in [0.29, 0.717) is 41.1 Å². The quantitative estimate of drug-likeness (QED) is 0.323. The van der Waals surface area contributed by atoms with Crippen molar-refractivity contribution in [2.24, 2.45) is 5.92 Å². The normalized spacial score (nSPS) is 10.8. The number of rotatable bonds is 8. The summed E-state index contributed by atoms with van der Waals surface area (Å²) >= 11 is 0. The van der Waals surface area contributed by atoms with Gasteiger partial charge in [0.05, 0.1) is 5.69 Å². The SMILES string of the molecule is Cc1cc(Nc2cc(-c3ccccc3)nc(Oc3ccc(NC(=O)CC(C)C)cc3)n2)n[nH]1. The van der Waals surface area contributed by atoms with Crippen LogP contribution in [0.1, 0.15) is 26.0 Å². The van der Waals surface area contributed by atoms with Crippen LogP contribution in [0.5, 0.6) is 11.8 Å². The number of anilines is 3. The van der Waals surface area contributed by atoms with Crippen LogP contribution in [-0.2, 0) is 4.79 Å². The smallest absolute Gasteiger partial charge is 0.324 e. The highest BCUT2D eigenvalue weighted by atomic mass is 16.5. The molecule has 0 saturated heterocycles. The zero-order valence-electron chi connectivity index (χ0n) is 18.8. The largest absolute Gasteiger partial charge is 0.424 e. The lowest BCUT2D eigenvalue weighted by molar-refractivity contribution is -0.116. The lowest BCUT2D eigenvalue weighted by atomic mass is 10.1. The van der Waals surface area contributed by atoms with E-state index >= 15 is 0 Å². The van der Waals surface area contributed by atoms with Gasteiger partial charge in [0.15, 0.2) is 5.82 Å². The third kappa shape index (κ3) is 6.16. The van der Waals surface area contributed by atoms with Crippen LogP contribution in [-0.4, -0.2) is 26.1 Å². The fraction of sp³-hybridized carbons (Fsp3) is 0.200. The van der Waals surface area contributed by atoms with E-state index in [2.05, 4.69) is 30.8 Å². The van der Waals surface area contributed by atoms with Crippen molar-refractivity contribution in [3.05, 3.63) is 72.4 Å². The first-order chi connectivity index (χ1) is 15.9. The van der Waals surface area contributed by atoms with Gasteiger partial charge in [-0.05, 0) is 37.1 Å². The summed E-state index contributed by atoms with van der Waals surface area (Å²) in [5.41, 5.74) is 3.30. The first-order valence-electron chi connectivity index (χ1n) is 10.8. The summed E-state index contributed by atoms with van der Waals surface area (Å²) in [5, 5.41) is 13.2. The summed E-state index contributed by atoms with van der Waals surface area (Å²) in [7, 11) is 0. The number of ether oxygens (including phenoxy) is 1. The van der Waals surface area contributed by atoms with Gasteiger partial charge in [-0.25, -0.2) is 0 Å². The number of carbonyl (C=O) groups excluding carboxylic acids is 1. The highest BCUT2D eigenvalue weighted by Gasteiger charge is 2.11. The number of carbonyl (C=O) groups is 1. The summed E-state index contributed by atoms with van der Waals surface area (Å²) in [6.45, 7) is 5.95. The Balaban J connectivity index is 1.56. The number of hydrogen-bond acceptors (Lipinski definition) is 6. The number of amides is 1. The average Bonchev–Trinajstić information content (AvgIpc) is 3.19. The predicted molar refractivity (Wildman–Crippen MR) is 129 cm³/mol. The van der Waals surface area contributed by atoms with Crippen molar-refractivity contribution in [1.82, 2.24) is 20.2 Å². The number of H-pyrrole nitrogens is 1. The van der Waals surface area contributed by atoms with Gasteiger partial charge in [0.2, 0.25) is 5.91 Å². The van der Waals surface area contributed by atoms with Crippen molar-refractivity contribution in [2.75, 3.05) is 10.6 Å². The Morgan fingerprint density at radius 3 is 2.42 bits per heavy atom. The van der Waals surface area contributed by atoms with Crippen LogP contribution in [0, 0.1) is 12.8 Å². The van der Waals surface area contributed by atoms with E-state index in [1.165, 1.54) is 0 Å². The number of aromatic nitrogens is 4. The number of nitrogens with zero attached hydrogens (tertiary/aromatic N) is 3. The molecule has 2 aromatic carbocycles. The standard InChI is InChI=1S/C25H26N6O2/c1-16(2)13-24(32)26-19-9-11-20(12-10-19)33-25-27-21(18-7-5-4-6-8-18)15-22(29-25)28-23-14-17(3)30-31-23/h4-12,14-16H,13H2,1-3H3,(H,26,32)(H2,27,28,29,30,31). The van der Waals surface area contributed by atoms with Gasteiger partial charge in [0.1, 0.15) is 11.6 Å². The Morgan fingerprint density at radius 1 is 1.00 bits per heavy atom. The monoisotopic (exact) mass is 442 g/mol. The first kappa shape index (κ1) is 22.0. The number of aryl methyl sites for hydroxylation is 1. The molecule has 4 aromatic rings. The van der Waals surface area contributed by atoms with Crippen molar-refractivity contribution in [3.63, 3.8) is 0 Å². The van der Waals surface area contributed by atoms with Gasteiger partial charge < -0.3 is 15.4 Å². The molecule has 0 bridgehead atoms. The Hall–Kier alpha value is -4.20. The van der Waals surface area contributed by atoms with Crippen LogP contribution < -0.4 is 15.4 Å². The number of aromatic amines is 1. The molecule has 0 radical (unpaired) electrons. The molecule has 0 spiro atoms. The number of hydrogen-bond donors (Lipinski definition) is 3. The molecular weight excluding hydrogens is 416 g/mol. The van der Waals surface area contributed by atoms with E-state index in [-0.39, 0.29) is 11.9 Å². The molecule has 1 amide bonds. The Bertz CT molecular complexity index is 1220. The molecule has 0 unspecified atom stereocenters. The fourth-order valence-corrected chi connectivity index (χ4v) is 3.20. The number of benzene rings is 2. The van der Waals surface area contributed by atoms with Gasteiger partial charge in [-0.1, -0.05) is 44.2 Å². The van der Waals surface area contributed by atoms with Gasteiger partial charge in [-0.15, -0.1) is 0 Å². The van der Waals surface area contributed by atoms with Crippen molar-refractivity contribution in [2.45, 2.75) is 27.2 Å². The van der Waals surface area contributed by atoms with Crippen LogP contribution in [0.3, 0.4) is 0 Å². The minimum atomic E-state index is -0.0121. The molecule has 8 heteroatoms. The van der Waals surface area contributed by atoms with E-state index in [4.69, 9.17) is 4.74 Å². The molecule has 3 N–H and O–H groups in total. The molecule has 0 saturated carbocycles. The summed E-state index contributed by atoms with van der Waals surface area (Å²) < 4.78 is 5.95. The van der Waals surface area contributed by atoms with Crippen LogP contribution >= 0.6 is 0 Å². The molecule has 8 nitrogen and oxygen atoms in total. The lowest BCUT2D eigenvalue weighted by Crippen LogP contribution is -2.13. The van der Waals surface area contributed by atoms with Crippen LogP contribution in [0.4, 0.5) is 17.3 Å². The maximum absolute atomic E-state index is 12.0. The summed E-state index contributed by atoms with van der Waals surface area (Å²) in [6, 6.07) is 20.9. The summed E-state index contributed by atoms with van der Waals surface area (Å²) in [6.07, 6.45) is 0.476. The molecule has 2 heterocycles. The van der Waals surface area contributed by atoms with E-state index in [1.54, 1.807) is 24.3 Å². The highest BCUT2D eigenvalue weighted by Crippen LogP contribution is 2.27. The van der Waals surface area contributed by atoms with Crippen molar-refractivity contribution in [1.29, 1.82) is 0 Å². The second-order valence-corrected chi connectivity index (χ2v) is 8.12. The van der Waals surface area contributed by atoms with Crippen molar-refractivity contribution < 1.29 is 9.53 Å². The van der Waals surface area contributed by atoms with Crippen LogP contribution in [0.2, 0.25) is 0 Å². The zero-order chi connectivity index (χ0) is 23.2. The Kier molecular flexibility index (Phi) is 6.64. The minimum absolute atomic E-state index is 0.0121. The van der Waals surface area contributed by atoms with Crippen molar-refractivity contribution >= 4 is 23.2 Å². The second kappa shape index (κ2) is 9.95.